The van der Waals surface area contributed by atoms with E-state index in [1.165, 1.54) is 0 Å². The zero-order valence-corrected chi connectivity index (χ0v) is 9.54. The molecule has 0 saturated carbocycles. The number of hydrogen-bond donors (Lipinski definition) is 1. The van der Waals surface area contributed by atoms with Gasteiger partial charge >= 0.3 is 0 Å². The fraction of sp³-hybridized carbons (Fsp3) is 0.455. The lowest BCUT2D eigenvalue weighted by Gasteiger charge is -2.05. The molecule has 2 rings (SSSR count). The Morgan fingerprint density at radius 3 is 2.75 bits per heavy atom. The quantitative estimate of drug-likeness (QED) is 0.830. The molecule has 1 N–H and O–H groups in total. The molecule has 86 valence electrons. The van der Waals surface area contributed by atoms with Crippen molar-refractivity contribution in [2.24, 2.45) is 14.1 Å². The third-order valence-corrected chi connectivity index (χ3v) is 2.54. The highest BCUT2D eigenvalue weighted by Crippen LogP contribution is 2.16. The molecule has 2 aromatic heterocycles. The van der Waals surface area contributed by atoms with Crippen molar-refractivity contribution in [2.75, 3.05) is 0 Å². The van der Waals surface area contributed by atoms with Crippen molar-refractivity contribution in [1.29, 1.82) is 0 Å². The highest BCUT2D eigenvalue weighted by atomic mass is 16.3. The third-order valence-electron chi connectivity index (χ3n) is 2.54. The molecule has 5 heteroatoms. The Morgan fingerprint density at radius 2 is 2.19 bits per heavy atom. The lowest BCUT2D eigenvalue weighted by Crippen LogP contribution is -2.01. The second kappa shape index (κ2) is 4.49. The van der Waals surface area contributed by atoms with Crippen molar-refractivity contribution >= 4 is 0 Å². The monoisotopic (exact) mass is 220 g/mol. The predicted octanol–water partition coefficient (Wildman–Crippen LogP) is 0.820. The first-order chi connectivity index (χ1) is 7.65. The molecule has 1 atom stereocenters. The van der Waals surface area contributed by atoms with Gasteiger partial charge in [-0.2, -0.15) is 10.2 Å². The summed E-state index contributed by atoms with van der Waals surface area (Å²) in [5.41, 5.74) is 1.86. The lowest BCUT2D eigenvalue weighted by molar-refractivity contribution is 0.162. The van der Waals surface area contributed by atoms with Gasteiger partial charge in [-0.15, -0.1) is 0 Å². The minimum Gasteiger partial charge on any atom is -0.387 e. The van der Waals surface area contributed by atoms with Gasteiger partial charge in [-0.3, -0.25) is 9.36 Å². The lowest BCUT2D eigenvalue weighted by atomic mass is 10.1. The van der Waals surface area contributed by atoms with Crippen LogP contribution in [0.2, 0.25) is 0 Å². The molecule has 2 aromatic rings. The first-order valence-electron chi connectivity index (χ1n) is 5.30. The van der Waals surface area contributed by atoms with E-state index in [1.807, 2.05) is 38.8 Å². The third kappa shape index (κ3) is 2.49. The second-order valence-corrected chi connectivity index (χ2v) is 3.99. The largest absolute Gasteiger partial charge is 0.387 e. The van der Waals surface area contributed by atoms with Crippen LogP contribution in [0.4, 0.5) is 0 Å². The Morgan fingerprint density at radius 1 is 1.38 bits per heavy atom. The predicted molar refractivity (Wildman–Crippen MR) is 59.7 cm³/mol. The van der Waals surface area contributed by atoms with Gasteiger partial charge in [-0.05, 0) is 24.5 Å². The first kappa shape index (κ1) is 10.9. The number of aliphatic hydroxyl groups is 1. The summed E-state index contributed by atoms with van der Waals surface area (Å²) in [4.78, 5) is 0. The first-order valence-corrected chi connectivity index (χ1v) is 5.30. The van der Waals surface area contributed by atoms with Gasteiger partial charge in [0.05, 0.1) is 18.0 Å². The SMILES string of the molecule is Cn1cc(CCC(O)c2ccn(C)n2)cn1. The number of rotatable bonds is 4. The van der Waals surface area contributed by atoms with E-state index in [4.69, 9.17) is 0 Å². The van der Waals surface area contributed by atoms with Gasteiger partial charge in [0.2, 0.25) is 0 Å². The fourth-order valence-corrected chi connectivity index (χ4v) is 1.66. The number of aromatic nitrogens is 4. The van der Waals surface area contributed by atoms with E-state index in [0.29, 0.717) is 6.42 Å². The molecule has 0 amide bonds. The van der Waals surface area contributed by atoms with E-state index in [2.05, 4.69) is 10.2 Å². The Hall–Kier alpha value is -1.62. The molecule has 1 unspecified atom stereocenters. The van der Waals surface area contributed by atoms with Crippen LogP contribution in [0.5, 0.6) is 0 Å². The number of aliphatic hydroxyl groups excluding tert-OH is 1. The van der Waals surface area contributed by atoms with Crippen LogP contribution in [-0.2, 0) is 20.5 Å². The summed E-state index contributed by atoms with van der Waals surface area (Å²) in [6, 6.07) is 1.84. The number of nitrogens with zero attached hydrogens (tertiary/aromatic N) is 4. The molecule has 0 aliphatic heterocycles. The molecule has 16 heavy (non-hydrogen) atoms. The summed E-state index contributed by atoms with van der Waals surface area (Å²) >= 11 is 0. The molecule has 0 aliphatic carbocycles. The van der Waals surface area contributed by atoms with Crippen LogP contribution in [0.25, 0.3) is 0 Å². The summed E-state index contributed by atoms with van der Waals surface area (Å²) < 4.78 is 3.46. The zero-order valence-electron chi connectivity index (χ0n) is 9.54. The second-order valence-electron chi connectivity index (χ2n) is 3.99. The van der Waals surface area contributed by atoms with Gasteiger partial charge in [-0.25, -0.2) is 0 Å². The van der Waals surface area contributed by atoms with Crippen molar-refractivity contribution in [3.8, 4) is 0 Å². The number of hydrogen-bond acceptors (Lipinski definition) is 3. The van der Waals surface area contributed by atoms with Crippen LogP contribution in [0.1, 0.15) is 23.8 Å². The van der Waals surface area contributed by atoms with E-state index in [-0.39, 0.29) is 0 Å². The molecule has 0 aliphatic rings. The van der Waals surface area contributed by atoms with Crippen molar-refractivity contribution < 1.29 is 5.11 Å². The van der Waals surface area contributed by atoms with E-state index in [9.17, 15) is 5.11 Å². The Kier molecular flexibility index (Phi) is 3.05. The summed E-state index contributed by atoms with van der Waals surface area (Å²) in [6.07, 6.45) is 6.61. The van der Waals surface area contributed by atoms with Crippen molar-refractivity contribution in [1.82, 2.24) is 19.6 Å². The molecule has 0 radical (unpaired) electrons. The zero-order chi connectivity index (χ0) is 11.5. The van der Waals surface area contributed by atoms with E-state index >= 15 is 0 Å². The maximum absolute atomic E-state index is 9.90. The summed E-state index contributed by atoms with van der Waals surface area (Å²) in [5.74, 6) is 0. The van der Waals surface area contributed by atoms with Crippen molar-refractivity contribution in [3.63, 3.8) is 0 Å². The van der Waals surface area contributed by atoms with Crippen LogP contribution in [0.3, 0.4) is 0 Å². The molecule has 0 fully saturated rings. The Bertz CT molecular complexity index is 460. The number of aryl methyl sites for hydroxylation is 3. The normalized spacial score (nSPS) is 12.9. The maximum Gasteiger partial charge on any atom is 0.0981 e. The summed E-state index contributed by atoms with van der Waals surface area (Å²) in [7, 11) is 3.73. The average molecular weight is 220 g/mol. The van der Waals surface area contributed by atoms with Gasteiger partial charge in [-0.1, -0.05) is 0 Å². The molecule has 0 aromatic carbocycles. The summed E-state index contributed by atoms with van der Waals surface area (Å²) in [6.45, 7) is 0. The minimum absolute atomic E-state index is 0.499. The molecule has 0 spiro atoms. The van der Waals surface area contributed by atoms with Crippen LogP contribution in [0.15, 0.2) is 24.7 Å². The van der Waals surface area contributed by atoms with Gasteiger partial charge in [0.15, 0.2) is 0 Å². The van der Waals surface area contributed by atoms with Crippen molar-refractivity contribution in [2.45, 2.75) is 18.9 Å². The maximum atomic E-state index is 9.90. The van der Waals surface area contributed by atoms with E-state index in [0.717, 1.165) is 17.7 Å². The van der Waals surface area contributed by atoms with Crippen LogP contribution in [-0.4, -0.2) is 24.7 Å². The van der Waals surface area contributed by atoms with Gasteiger partial charge in [0.25, 0.3) is 0 Å². The van der Waals surface area contributed by atoms with E-state index in [1.54, 1.807) is 9.36 Å². The topological polar surface area (TPSA) is 55.9 Å². The average Bonchev–Trinajstić information content (AvgIpc) is 2.84. The summed E-state index contributed by atoms with van der Waals surface area (Å²) in [5, 5.41) is 18.2. The molecule has 0 bridgehead atoms. The molecule has 0 saturated heterocycles. The van der Waals surface area contributed by atoms with Gasteiger partial charge in [0.1, 0.15) is 0 Å². The van der Waals surface area contributed by atoms with Crippen LogP contribution < -0.4 is 0 Å². The Labute approximate surface area is 94.3 Å². The molecular weight excluding hydrogens is 204 g/mol. The van der Waals surface area contributed by atoms with Crippen LogP contribution >= 0.6 is 0 Å². The highest BCUT2D eigenvalue weighted by Gasteiger charge is 2.10. The van der Waals surface area contributed by atoms with Crippen LogP contribution in [0, 0.1) is 0 Å². The van der Waals surface area contributed by atoms with E-state index < -0.39 is 6.10 Å². The standard InChI is InChI=1S/C11H16N4O/c1-14-6-5-10(13-14)11(16)4-3-9-7-12-15(2)8-9/h5-8,11,16H,3-4H2,1-2H3. The molecule has 5 nitrogen and oxygen atoms in total. The molecule has 2 heterocycles. The van der Waals surface area contributed by atoms with Crippen molar-refractivity contribution in [3.05, 3.63) is 35.9 Å². The Balaban J connectivity index is 1.91. The van der Waals surface area contributed by atoms with Gasteiger partial charge in [0, 0.05) is 26.5 Å². The smallest absolute Gasteiger partial charge is 0.0981 e. The fourth-order valence-electron chi connectivity index (χ4n) is 1.66. The molecular formula is C11H16N4O. The highest BCUT2D eigenvalue weighted by molar-refractivity contribution is 5.07. The van der Waals surface area contributed by atoms with Gasteiger partial charge < -0.3 is 5.11 Å². The minimum atomic E-state index is -0.499.